The highest BCUT2D eigenvalue weighted by atomic mass is 35.5. The average molecular weight is 230 g/mol. The molecule has 1 heterocycles. The highest BCUT2D eigenvalue weighted by Crippen LogP contribution is 2.27. The first-order valence-electron chi connectivity index (χ1n) is 3.82. The van der Waals surface area contributed by atoms with E-state index < -0.39 is 12.9 Å². The van der Waals surface area contributed by atoms with E-state index in [9.17, 15) is 4.39 Å². The molecule has 0 amide bonds. The van der Waals surface area contributed by atoms with Crippen molar-refractivity contribution in [2.75, 3.05) is 0 Å². The molecule has 2 N–H and O–H groups in total. The quantitative estimate of drug-likeness (QED) is 0.727. The standard InChI is InChI=1S/C8H5BClFO2S/c10-6-1-4(11)2-7-5(6)3-8(14-7)9(12)13/h1-3,12-13H. The van der Waals surface area contributed by atoms with Gasteiger partial charge in [-0.1, -0.05) is 11.6 Å². The third-order valence-corrected chi connectivity index (χ3v) is 3.26. The van der Waals surface area contributed by atoms with Gasteiger partial charge >= 0.3 is 7.12 Å². The molecular formula is C8H5BClFO2S. The molecule has 0 saturated heterocycles. The fourth-order valence-corrected chi connectivity index (χ4v) is 2.51. The van der Waals surface area contributed by atoms with E-state index in [1.807, 2.05) is 0 Å². The Kier molecular flexibility index (Phi) is 2.49. The van der Waals surface area contributed by atoms with Crippen LogP contribution in [0.5, 0.6) is 0 Å². The SMILES string of the molecule is OB(O)c1cc2c(Cl)cc(F)cc2s1. The average Bonchev–Trinajstić information content (AvgIpc) is 2.47. The number of rotatable bonds is 1. The smallest absolute Gasteiger partial charge is 0.423 e. The first-order chi connectivity index (χ1) is 6.58. The number of hydrogen-bond donors (Lipinski definition) is 2. The predicted octanol–water partition coefficient (Wildman–Crippen LogP) is 1.37. The summed E-state index contributed by atoms with van der Waals surface area (Å²) in [6.45, 7) is 0. The molecule has 0 atom stereocenters. The van der Waals surface area contributed by atoms with Gasteiger partial charge in [0, 0.05) is 14.9 Å². The maximum atomic E-state index is 12.9. The van der Waals surface area contributed by atoms with Gasteiger partial charge in [-0.3, -0.25) is 0 Å². The summed E-state index contributed by atoms with van der Waals surface area (Å²) in [5, 5.41) is 18.7. The van der Waals surface area contributed by atoms with E-state index in [4.69, 9.17) is 21.6 Å². The van der Waals surface area contributed by atoms with Gasteiger partial charge in [0.25, 0.3) is 0 Å². The molecule has 0 fully saturated rings. The van der Waals surface area contributed by atoms with Crippen LogP contribution in [-0.4, -0.2) is 17.2 Å². The lowest BCUT2D eigenvalue weighted by atomic mass is 9.89. The van der Waals surface area contributed by atoms with Gasteiger partial charge in [-0.05, 0) is 18.2 Å². The van der Waals surface area contributed by atoms with Crippen LogP contribution in [0.4, 0.5) is 4.39 Å². The summed E-state index contributed by atoms with van der Waals surface area (Å²) in [4.78, 5) is 0. The fourth-order valence-electron chi connectivity index (χ4n) is 1.21. The maximum absolute atomic E-state index is 12.9. The molecule has 1 aromatic carbocycles. The number of halogens is 2. The Bertz CT molecular complexity index is 485. The van der Waals surface area contributed by atoms with E-state index in [1.165, 1.54) is 12.1 Å². The van der Waals surface area contributed by atoms with Crippen LogP contribution in [0, 0.1) is 5.82 Å². The van der Waals surface area contributed by atoms with Crippen molar-refractivity contribution < 1.29 is 14.4 Å². The summed E-state index contributed by atoms with van der Waals surface area (Å²) in [6.07, 6.45) is 0. The fraction of sp³-hybridized carbons (Fsp3) is 0. The second kappa shape index (κ2) is 3.51. The lowest BCUT2D eigenvalue weighted by Gasteiger charge is -1.92. The summed E-state index contributed by atoms with van der Waals surface area (Å²) in [5.41, 5.74) is 0. The van der Waals surface area contributed by atoms with Gasteiger partial charge in [0.15, 0.2) is 0 Å². The van der Waals surface area contributed by atoms with Crippen molar-refractivity contribution in [3.63, 3.8) is 0 Å². The van der Waals surface area contributed by atoms with Gasteiger partial charge in [0.2, 0.25) is 0 Å². The van der Waals surface area contributed by atoms with Crippen molar-refractivity contribution in [2.24, 2.45) is 0 Å². The minimum Gasteiger partial charge on any atom is -0.423 e. The van der Waals surface area contributed by atoms with Crippen molar-refractivity contribution in [3.05, 3.63) is 29.0 Å². The number of fused-ring (bicyclic) bond motifs is 1. The lowest BCUT2D eigenvalue weighted by Crippen LogP contribution is -2.26. The van der Waals surface area contributed by atoms with Gasteiger partial charge in [-0.2, -0.15) is 0 Å². The van der Waals surface area contributed by atoms with Crippen molar-refractivity contribution >= 4 is 44.9 Å². The molecule has 0 aliphatic rings. The molecule has 0 spiro atoms. The highest BCUT2D eigenvalue weighted by molar-refractivity contribution is 7.28. The third-order valence-electron chi connectivity index (χ3n) is 1.83. The molecule has 2 nitrogen and oxygen atoms in total. The van der Waals surface area contributed by atoms with Crippen LogP contribution in [0.25, 0.3) is 10.1 Å². The summed E-state index contributed by atoms with van der Waals surface area (Å²) >= 11 is 6.89. The first-order valence-corrected chi connectivity index (χ1v) is 5.02. The molecule has 1 aromatic heterocycles. The molecule has 0 bridgehead atoms. The topological polar surface area (TPSA) is 40.5 Å². The molecule has 0 saturated carbocycles. The van der Waals surface area contributed by atoms with Gasteiger partial charge in [0.1, 0.15) is 5.82 Å². The Morgan fingerprint density at radius 2 is 2.00 bits per heavy atom. The summed E-state index contributed by atoms with van der Waals surface area (Å²) in [5.74, 6) is -0.427. The second-order valence-corrected chi connectivity index (χ2v) is 4.34. The Morgan fingerprint density at radius 3 is 2.64 bits per heavy atom. The summed E-state index contributed by atoms with van der Waals surface area (Å²) < 4.78 is 13.9. The van der Waals surface area contributed by atoms with E-state index in [-0.39, 0.29) is 5.02 Å². The lowest BCUT2D eigenvalue weighted by molar-refractivity contribution is 0.427. The minimum absolute atomic E-state index is 0.281. The zero-order valence-electron chi connectivity index (χ0n) is 6.87. The van der Waals surface area contributed by atoms with Gasteiger partial charge in [-0.15, -0.1) is 11.3 Å². The van der Waals surface area contributed by atoms with Gasteiger partial charge < -0.3 is 10.0 Å². The number of hydrogen-bond acceptors (Lipinski definition) is 3. The Hall–Kier alpha value is -0.615. The third kappa shape index (κ3) is 1.64. The highest BCUT2D eigenvalue weighted by Gasteiger charge is 2.16. The number of thiophene rings is 1. The van der Waals surface area contributed by atoms with Crippen molar-refractivity contribution in [3.8, 4) is 0 Å². The predicted molar refractivity (Wildman–Crippen MR) is 56.6 cm³/mol. The van der Waals surface area contributed by atoms with Crippen LogP contribution in [0.1, 0.15) is 0 Å². The Labute approximate surface area is 88.7 Å². The van der Waals surface area contributed by atoms with E-state index >= 15 is 0 Å². The molecule has 2 rings (SSSR count). The molecule has 0 aliphatic heterocycles. The normalized spacial score (nSPS) is 10.9. The van der Waals surface area contributed by atoms with Crippen molar-refractivity contribution in [1.29, 1.82) is 0 Å². The Balaban J connectivity index is 2.70. The maximum Gasteiger partial charge on any atom is 0.499 e. The van der Waals surface area contributed by atoms with Crippen LogP contribution in [0.15, 0.2) is 18.2 Å². The molecule has 0 radical (unpaired) electrons. The summed E-state index contributed by atoms with van der Waals surface area (Å²) in [7, 11) is -1.54. The molecule has 2 aromatic rings. The molecule has 6 heteroatoms. The number of benzene rings is 1. The molecular weight excluding hydrogens is 225 g/mol. The van der Waals surface area contributed by atoms with Crippen LogP contribution >= 0.6 is 22.9 Å². The second-order valence-electron chi connectivity index (χ2n) is 2.82. The van der Waals surface area contributed by atoms with Crippen LogP contribution in [0.3, 0.4) is 0 Å². The van der Waals surface area contributed by atoms with Crippen LogP contribution < -0.4 is 4.78 Å². The van der Waals surface area contributed by atoms with Gasteiger partial charge in [0.05, 0.1) is 5.02 Å². The Morgan fingerprint density at radius 1 is 1.29 bits per heavy atom. The monoisotopic (exact) mass is 230 g/mol. The minimum atomic E-state index is -1.54. The van der Waals surface area contributed by atoms with Crippen LogP contribution in [-0.2, 0) is 0 Å². The molecule has 72 valence electrons. The molecule has 0 aliphatic carbocycles. The van der Waals surface area contributed by atoms with E-state index in [1.54, 1.807) is 6.07 Å². The summed E-state index contributed by atoms with van der Waals surface area (Å²) in [6, 6.07) is 4.06. The van der Waals surface area contributed by atoms with E-state index in [0.717, 1.165) is 11.3 Å². The van der Waals surface area contributed by atoms with E-state index in [2.05, 4.69) is 0 Å². The zero-order valence-corrected chi connectivity index (χ0v) is 8.44. The zero-order chi connectivity index (χ0) is 10.3. The van der Waals surface area contributed by atoms with Crippen molar-refractivity contribution in [1.82, 2.24) is 0 Å². The van der Waals surface area contributed by atoms with Crippen molar-refractivity contribution in [2.45, 2.75) is 0 Å². The first kappa shape index (κ1) is 9.92. The largest absolute Gasteiger partial charge is 0.499 e. The van der Waals surface area contributed by atoms with Gasteiger partial charge in [-0.25, -0.2) is 4.39 Å². The van der Waals surface area contributed by atoms with E-state index in [0.29, 0.717) is 14.9 Å². The molecule has 0 unspecified atom stereocenters. The van der Waals surface area contributed by atoms with Crippen LogP contribution in [0.2, 0.25) is 5.02 Å². The molecule has 14 heavy (non-hydrogen) atoms.